The molecule has 1 aliphatic heterocycles. The maximum absolute atomic E-state index is 6.13. The largest absolute Gasteiger partial charge is 0.468 e. The molecule has 2 N–H and O–H groups in total. The van der Waals surface area contributed by atoms with Crippen LogP contribution in [0.5, 0.6) is 0 Å². The summed E-state index contributed by atoms with van der Waals surface area (Å²) in [5.41, 5.74) is 9.01. The van der Waals surface area contributed by atoms with E-state index in [2.05, 4.69) is 10.00 Å². The number of hydrogen-bond donors (Lipinski definition) is 1. The Balaban J connectivity index is 1.47. The van der Waals surface area contributed by atoms with Gasteiger partial charge in [-0.2, -0.15) is 9.61 Å². The lowest BCUT2D eigenvalue weighted by Gasteiger charge is -2.31. The SMILES string of the molecule is Cc1cc2nc(C3CCN(Cc4ccco4)CC3)cc(N)n2n1. The maximum atomic E-state index is 6.13. The predicted octanol–water partition coefficient (Wildman–Crippen LogP) is 2.59. The molecule has 4 heterocycles. The van der Waals surface area contributed by atoms with Crippen LogP contribution >= 0.6 is 0 Å². The van der Waals surface area contributed by atoms with Crippen LogP contribution in [0.2, 0.25) is 0 Å². The van der Waals surface area contributed by atoms with E-state index >= 15 is 0 Å². The molecule has 0 aromatic carbocycles. The average Bonchev–Trinajstić information content (AvgIpc) is 3.17. The number of anilines is 1. The second-order valence-corrected chi connectivity index (χ2v) is 6.29. The number of furan rings is 1. The van der Waals surface area contributed by atoms with Crippen molar-refractivity contribution in [3.8, 4) is 0 Å². The zero-order chi connectivity index (χ0) is 15.8. The number of aromatic nitrogens is 3. The third kappa shape index (κ3) is 2.82. The first-order valence-electron chi connectivity index (χ1n) is 8.06. The summed E-state index contributed by atoms with van der Waals surface area (Å²) >= 11 is 0. The van der Waals surface area contributed by atoms with Crippen molar-refractivity contribution in [2.75, 3.05) is 18.8 Å². The molecule has 0 bridgehead atoms. The van der Waals surface area contributed by atoms with Crippen molar-refractivity contribution in [3.05, 3.63) is 47.7 Å². The van der Waals surface area contributed by atoms with Gasteiger partial charge in [0, 0.05) is 23.7 Å². The normalized spacial score (nSPS) is 17.1. The Bertz CT molecular complexity index is 800. The van der Waals surface area contributed by atoms with Gasteiger partial charge in [-0.3, -0.25) is 4.90 Å². The summed E-state index contributed by atoms with van der Waals surface area (Å²) in [4.78, 5) is 7.20. The lowest BCUT2D eigenvalue weighted by atomic mass is 9.93. The van der Waals surface area contributed by atoms with Gasteiger partial charge in [0.25, 0.3) is 0 Å². The van der Waals surface area contributed by atoms with E-state index in [0.29, 0.717) is 11.7 Å². The number of nitrogen functional groups attached to an aromatic ring is 1. The highest BCUT2D eigenvalue weighted by Crippen LogP contribution is 2.29. The molecule has 23 heavy (non-hydrogen) atoms. The van der Waals surface area contributed by atoms with E-state index in [-0.39, 0.29) is 0 Å². The van der Waals surface area contributed by atoms with Crippen LogP contribution in [0.15, 0.2) is 34.9 Å². The number of piperidine rings is 1. The van der Waals surface area contributed by atoms with E-state index in [1.807, 2.05) is 31.2 Å². The molecule has 1 fully saturated rings. The van der Waals surface area contributed by atoms with Crippen LogP contribution in [0.25, 0.3) is 5.65 Å². The molecule has 4 rings (SSSR count). The molecule has 0 saturated carbocycles. The first-order chi connectivity index (χ1) is 11.2. The maximum Gasteiger partial charge on any atom is 0.157 e. The number of nitrogens with zero attached hydrogens (tertiary/aromatic N) is 4. The molecule has 6 heteroatoms. The van der Waals surface area contributed by atoms with E-state index in [9.17, 15) is 0 Å². The molecule has 120 valence electrons. The average molecular weight is 311 g/mol. The highest BCUT2D eigenvalue weighted by molar-refractivity contribution is 5.48. The summed E-state index contributed by atoms with van der Waals surface area (Å²) in [7, 11) is 0. The molecule has 0 atom stereocenters. The Labute approximate surface area is 134 Å². The van der Waals surface area contributed by atoms with Gasteiger partial charge in [-0.1, -0.05) is 0 Å². The monoisotopic (exact) mass is 311 g/mol. The van der Waals surface area contributed by atoms with Crippen molar-refractivity contribution >= 4 is 11.5 Å². The van der Waals surface area contributed by atoms with Gasteiger partial charge in [-0.05, 0) is 45.0 Å². The summed E-state index contributed by atoms with van der Waals surface area (Å²) in [6, 6.07) is 7.93. The summed E-state index contributed by atoms with van der Waals surface area (Å²) in [5.74, 6) is 2.16. The van der Waals surface area contributed by atoms with E-state index in [4.69, 9.17) is 15.1 Å². The molecule has 1 aliphatic rings. The summed E-state index contributed by atoms with van der Waals surface area (Å²) in [6.07, 6.45) is 3.92. The smallest absolute Gasteiger partial charge is 0.157 e. The molecule has 3 aromatic rings. The van der Waals surface area contributed by atoms with Gasteiger partial charge in [0.1, 0.15) is 11.6 Å². The van der Waals surface area contributed by atoms with Crippen LogP contribution in [0.4, 0.5) is 5.82 Å². The Kier molecular flexibility index (Phi) is 3.53. The molecule has 0 aliphatic carbocycles. The van der Waals surface area contributed by atoms with Crippen molar-refractivity contribution in [1.29, 1.82) is 0 Å². The molecule has 6 nitrogen and oxygen atoms in total. The number of fused-ring (bicyclic) bond motifs is 1. The van der Waals surface area contributed by atoms with E-state index < -0.39 is 0 Å². The third-order valence-corrected chi connectivity index (χ3v) is 4.56. The quantitative estimate of drug-likeness (QED) is 0.805. The third-order valence-electron chi connectivity index (χ3n) is 4.56. The highest BCUT2D eigenvalue weighted by atomic mass is 16.3. The number of aryl methyl sites for hydroxylation is 1. The molecular formula is C17H21N5O. The number of rotatable bonds is 3. The van der Waals surface area contributed by atoms with Gasteiger partial charge in [0.05, 0.1) is 18.5 Å². The van der Waals surface area contributed by atoms with Gasteiger partial charge in [-0.25, -0.2) is 4.98 Å². The standard InChI is InChI=1S/C17H21N5O/c1-12-9-17-19-15(10-16(18)22(17)20-12)13-4-6-21(7-5-13)11-14-3-2-8-23-14/h2-3,8-10,13H,4-7,11,18H2,1H3. The van der Waals surface area contributed by atoms with Crippen LogP contribution < -0.4 is 5.73 Å². The van der Waals surface area contributed by atoms with Crippen molar-refractivity contribution in [3.63, 3.8) is 0 Å². The summed E-state index contributed by atoms with van der Waals surface area (Å²) in [5, 5.41) is 4.36. The Hall–Kier alpha value is -2.34. The number of nitrogens with two attached hydrogens (primary N) is 1. The van der Waals surface area contributed by atoms with Crippen molar-refractivity contribution in [2.45, 2.75) is 32.2 Å². The number of likely N-dealkylation sites (tertiary alicyclic amines) is 1. The van der Waals surface area contributed by atoms with E-state index in [1.54, 1.807) is 10.8 Å². The fourth-order valence-electron chi connectivity index (χ4n) is 3.35. The molecule has 3 aromatic heterocycles. The zero-order valence-corrected chi connectivity index (χ0v) is 13.3. The fraction of sp³-hybridized carbons (Fsp3) is 0.412. The molecule has 0 spiro atoms. The molecular weight excluding hydrogens is 290 g/mol. The zero-order valence-electron chi connectivity index (χ0n) is 13.3. The molecule has 1 saturated heterocycles. The van der Waals surface area contributed by atoms with Gasteiger partial charge in [-0.15, -0.1) is 0 Å². The fourth-order valence-corrected chi connectivity index (χ4v) is 3.35. The first kappa shape index (κ1) is 14.3. The topological polar surface area (TPSA) is 72.6 Å². The van der Waals surface area contributed by atoms with Crippen LogP contribution in [-0.4, -0.2) is 32.6 Å². The van der Waals surface area contributed by atoms with Gasteiger partial charge in [0.2, 0.25) is 0 Å². The minimum Gasteiger partial charge on any atom is -0.468 e. The molecule has 0 amide bonds. The van der Waals surface area contributed by atoms with Crippen molar-refractivity contribution in [1.82, 2.24) is 19.5 Å². The van der Waals surface area contributed by atoms with Crippen LogP contribution in [0.3, 0.4) is 0 Å². The Morgan fingerprint density at radius 1 is 1.30 bits per heavy atom. The van der Waals surface area contributed by atoms with Gasteiger partial charge < -0.3 is 10.2 Å². The number of hydrogen-bond acceptors (Lipinski definition) is 5. The Morgan fingerprint density at radius 2 is 2.13 bits per heavy atom. The van der Waals surface area contributed by atoms with Crippen molar-refractivity contribution < 1.29 is 4.42 Å². The second kappa shape index (κ2) is 5.70. The van der Waals surface area contributed by atoms with Crippen LogP contribution in [0.1, 0.15) is 35.9 Å². The highest BCUT2D eigenvalue weighted by Gasteiger charge is 2.23. The lowest BCUT2D eigenvalue weighted by molar-refractivity contribution is 0.190. The minimum absolute atomic E-state index is 0.463. The minimum atomic E-state index is 0.463. The van der Waals surface area contributed by atoms with Crippen molar-refractivity contribution in [2.24, 2.45) is 0 Å². The van der Waals surface area contributed by atoms with Crippen LogP contribution in [-0.2, 0) is 6.54 Å². The summed E-state index contributed by atoms with van der Waals surface area (Å²) in [6.45, 7) is 4.95. The Morgan fingerprint density at radius 3 is 2.87 bits per heavy atom. The summed E-state index contributed by atoms with van der Waals surface area (Å²) < 4.78 is 7.15. The molecule has 0 radical (unpaired) electrons. The van der Waals surface area contributed by atoms with Crippen LogP contribution in [0, 0.1) is 6.92 Å². The second-order valence-electron chi connectivity index (χ2n) is 6.29. The van der Waals surface area contributed by atoms with Gasteiger partial charge in [0.15, 0.2) is 5.65 Å². The predicted molar refractivity (Wildman–Crippen MR) is 88.1 cm³/mol. The van der Waals surface area contributed by atoms with Gasteiger partial charge >= 0.3 is 0 Å². The molecule has 0 unspecified atom stereocenters. The van der Waals surface area contributed by atoms with E-state index in [0.717, 1.165) is 55.3 Å². The first-order valence-corrected chi connectivity index (χ1v) is 8.06. The van der Waals surface area contributed by atoms with E-state index in [1.165, 1.54) is 0 Å². The lowest BCUT2D eigenvalue weighted by Crippen LogP contribution is -2.32.